The molecule has 0 bridgehead atoms. The van der Waals surface area contributed by atoms with Crippen LogP contribution in [0.1, 0.15) is 95.0 Å². The fourth-order valence-electron chi connectivity index (χ4n) is 4.55. The van der Waals surface area contributed by atoms with Crippen molar-refractivity contribution < 1.29 is 9.84 Å². The molecule has 0 saturated heterocycles. The number of benzene rings is 2. The number of ether oxygens (including phenoxy) is 1. The molecule has 2 heteroatoms. The largest absolute Gasteiger partial charge is 0.493 e. The third-order valence-electron chi connectivity index (χ3n) is 6.98. The molecule has 2 nitrogen and oxygen atoms in total. The summed E-state index contributed by atoms with van der Waals surface area (Å²) in [5.74, 6) is 0.996. The molecule has 0 radical (unpaired) electrons. The van der Waals surface area contributed by atoms with Crippen LogP contribution >= 0.6 is 0 Å². The molecule has 0 spiro atoms. The molecule has 0 aromatic heterocycles. The predicted molar refractivity (Wildman–Crippen MR) is 133 cm³/mol. The van der Waals surface area contributed by atoms with Crippen LogP contribution in [0.15, 0.2) is 36.4 Å². The molecule has 172 valence electrons. The quantitative estimate of drug-likeness (QED) is 0.427. The summed E-state index contributed by atoms with van der Waals surface area (Å²) >= 11 is 0. The first-order valence-electron chi connectivity index (χ1n) is 12.1. The SMILES string of the molecule is CCCOc1ccc(C(CC)(CC)c2ccc(CC[C@@H](O)C(C)(C)C)c(C)c2)cc1C. The summed E-state index contributed by atoms with van der Waals surface area (Å²) in [5.41, 5.74) is 6.56. The van der Waals surface area contributed by atoms with Gasteiger partial charge >= 0.3 is 0 Å². The van der Waals surface area contributed by atoms with E-state index in [0.29, 0.717) is 0 Å². The summed E-state index contributed by atoms with van der Waals surface area (Å²) in [6.45, 7) is 18.2. The van der Waals surface area contributed by atoms with Crippen LogP contribution in [0.5, 0.6) is 5.75 Å². The van der Waals surface area contributed by atoms with E-state index < -0.39 is 0 Å². The van der Waals surface area contributed by atoms with Crippen LogP contribution in [-0.2, 0) is 11.8 Å². The lowest BCUT2D eigenvalue weighted by Crippen LogP contribution is -2.27. The Morgan fingerprint density at radius 3 is 1.94 bits per heavy atom. The number of aryl methyl sites for hydroxylation is 3. The fraction of sp³-hybridized carbons (Fsp3) is 0.586. The van der Waals surface area contributed by atoms with E-state index in [1.807, 2.05) is 0 Å². The third-order valence-corrected chi connectivity index (χ3v) is 6.98. The fourth-order valence-corrected chi connectivity index (χ4v) is 4.55. The van der Waals surface area contributed by atoms with E-state index in [0.717, 1.165) is 44.5 Å². The third kappa shape index (κ3) is 5.92. The number of aliphatic hydroxyl groups is 1. The normalized spacial score (nSPS) is 13.3. The summed E-state index contributed by atoms with van der Waals surface area (Å²) in [7, 11) is 0. The Kier molecular flexibility index (Phi) is 8.77. The first kappa shape index (κ1) is 25.5. The topological polar surface area (TPSA) is 29.5 Å². The Balaban J connectivity index is 2.34. The molecule has 0 fully saturated rings. The summed E-state index contributed by atoms with van der Waals surface area (Å²) in [6, 6.07) is 13.7. The molecule has 0 saturated carbocycles. The van der Waals surface area contributed by atoms with Crippen molar-refractivity contribution in [2.75, 3.05) is 6.61 Å². The lowest BCUT2D eigenvalue weighted by molar-refractivity contribution is 0.0560. The molecular weight excluding hydrogens is 380 g/mol. The van der Waals surface area contributed by atoms with Gasteiger partial charge in [0.05, 0.1) is 12.7 Å². The van der Waals surface area contributed by atoms with Gasteiger partial charge in [-0.05, 0) is 85.3 Å². The Labute approximate surface area is 191 Å². The van der Waals surface area contributed by atoms with Crippen LogP contribution in [-0.4, -0.2) is 17.8 Å². The standard InChI is InChI=1S/C29H44O2/c1-9-18-31-26-16-15-25(20-22(26)5)29(10-2,11-3)24-14-12-23(21(4)19-24)13-17-27(30)28(6,7)8/h12,14-16,19-20,27,30H,9-11,13,17-18H2,1-8H3/t27-/m1/s1. The first-order valence-corrected chi connectivity index (χ1v) is 12.1. The van der Waals surface area contributed by atoms with Gasteiger partial charge in [-0.1, -0.05) is 71.9 Å². The highest BCUT2D eigenvalue weighted by Gasteiger charge is 2.31. The van der Waals surface area contributed by atoms with Gasteiger partial charge in [-0.3, -0.25) is 0 Å². The molecule has 0 unspecified atom stereocenters. The highest BCUT2D eigenvalue weighted by atomic mass is 16.5. The smallest absolute Gasteiger partial charge is 0.122 e. The molecular formula is C29H44O2. The first-order chi connectivity index (χ1) is 14.6. The van der Waals surface area contributed by atoms with Crippen LogP contribution < -0.4 is 4.74 Å². The molecule has 0 aliphatic heterocycles. The van der Waals surface area contributed by atoms with Gasteiger partial charge in [0, 0.05) is 5.41 Å². The van der Waals surface area contributed by atoms with Gasteiger partial charge in [-0.15, -0.1) is 0 Å². The highest BCUT2D eigenvalue weighted by molar-refractivity contribution is 5.47. The van der Waals surface area contributed by atoms with Crippen LogP contribution in [0.2, 0.25) is 0 Å². The van der Waals surface area contributed by atoms with Crippen LogP contribution in [0.25, 0.3) is 0 Å². The summed E-state index contributed by atoms with van der Waals surface area (Å²) in [5, 5.41) is 10.4. The predicted octanol–water partition coefficient (Wildman–Crippen LogP) is 7.54. The summed E-state index contributed by atoms with van der Waals surface area (Å²) < 4.78 is 5.91. The zero-order chi connectivity index (χ0) is 23.2. The molecule has 1 N–H and O–H groups in total. The van der Waals surface area contributed by atoms with E-state index in [1.54, 1.807) is 0 Å². The van der Waals surface area contributed by atoms with Gasteiger partial charge in [0.15, 0.2) is 0 Å². The Morgan fingerprint density at radius 2 is 1.45 bits per heavy atom. The molecule has 1 atom stereocenters. The van der Waals surface area contributed by atoms with Crippen molar-refractivity contribution in [1.29, 1.82) is 0 Å². The van der Waals surface area contributed by atoms with Crippen molar-refractivity contribution in [3.05, 3.63) is 64.2 Å². The van der Waals surface area contributed by atoms with Crippen molar-refractivity contribution in [3.63, 3.8) is 0 Å². The van der Waals surface area contributed by atoms with Crippen molar-refractivity contribution in [2.24, 2.45) is 5.41 Å². The number of rotatable bonds is 10. The Bertz CT molecular complexity index is 840. The summed E-state index contributed by atoms with van der Waals surface area (Å²) in [6.07, 6.45) is 4.56. The summed E-state index contributed by atoms with van der Waals surface area (Å²) in [4.78, 5) is 0. The van der Waals surface area contributed by atoms with E-state index in [2.05, 4.69) is 91.8 Å². The van der Waals surface area contributed by atoms with Gasteiger partial charge in [-0.2, -0.15) is 0 Å². The maximum absolute atomic E-state index is 10.4. The van der Waals surface area contributed by atoms with E-state index in [-0.39, 0.29) is 16.9 Å². The number of hydrogen-bond donors (Lipinski definition) is 1. The second-order valence-corrected chi connectivity index (χ2v) is 10.2. The molecule has 2 rings (SSSR count). The number of aliphatic hydroxyl groups excluding tert-OH is 1. The van der Waals surface area contributed by atoms with E-state index in [4.69, 9.17) is 4.74 Å². The molecule has 2 aromatic rings. The van der Waals surface area contributed by atoms with Gasteiger partial charge in [0.2, 0.25) is 0 Å². The zero-order valence-corrected chi connectivity index (χ0v) is 21.1. The molecule has 0 heterocycles. The molecule has 31 heavy (non-hydrogen) atoms. The van der Waals surface area contributed by atoms with Crippen LogP contribution in [0, 0.1) is 19.3 Å². The average molecular weight is 425 g/mol. The van der Waals surface area contributed by atoms with Gasteiger partial charge in [0.1, 0.15) is 5.75 Å². The Morgan fingerprint density at radius 1 is 0.871 bits per heavy atom. The lowest BCUT2D eigenvalue weighted by Gasteiger charge is -2.34. The van der Waals surface area contributed by atoms with Crippen molar-refractivity contribution in [2.45, 2.75) is 99.0 Å². The van der Waals surface area contributed by atoms with E-state index >= 15 is 0 Å². The highest BCUT2D eigenvalue weighted by Crippen LogP contribution is 2.41. The number of hydrogen-bond acceptors (Lipinski definition) is 2. The zero-order valence-electron chi connectivity index (χ0n) is 21.1. The second-order valence-electron chi connectivity index (χ2n) is 10.2. The maximum atomic E-state index is 10.4. The van der Waals surface area contributed by atoms with Crippen molar-refractivity contribution >= 4 is 0 Å². The minimum Gasteiger partial charge on any atom is -0.493 e. The van der Waals surface area contributed by atoms with Crippen LogP contribution in [0.3, 0.4) is 0 Å². The van der Waals surface area contributed by atoms with E-state index in [1.165, 1.54) is 27.8 Å². The van der Waals surface area contributed by atoms with Gasteiger partial charge in [-0.25, -0.2) is 0 Å². The van der Waals surface area contributed by atoms with Crippen molar-refractivity contribution in [1.82, 2.24) is 0 Å². The molecule has 0 amide bonds. The average Bonchev–Trinajstić information content (AvgIpc) is 2.73. The molecule has 0 aliphatic rings. The minimum absolute atomic E-state index is 0.00224. The van der Waals surface area contributed by atoms with Gasteiger partial charge in [0.25, 0.3) is 0 Å². The van der Waals surface area contributed by atoms with E-state index in [9.17, 15) is 5.11 Å². The van der Waals surface area contributed by atoms with Crippen molar-refractivity contribution in [3.8, 4) is 5.75 Å². The minimum atomic E-state index is -0.284. The monoisotopic (exact) mass is 424 g/mol. The maximum Gasteiger partial charge on any atom is 0.122 e. The Hall–Kier alpha value is -1.80. The van der Waals surface area contributed by atoms with Crippen LogP contribution in [0.4, 0.5) is 0 Å². The lowest BCUT2D eigenvalue weighted by atomic mass is 9.69. The molecule has 2 aromatic carbocycles. The van der Waals surface area contributed by atoms with Gasteiger partial charge < -0.3 is 9.84 Å². The molecule has 0 aliphatic carbocycles. The second kappa shape index (κ2) is 10.7.